The van der Waals surface area contributed by atoms with Crippen molar-refractivity contribution >= 4 is 11.8 Å². The Morgan fingerprint density at radius 2 is 2.20 bits per heavy atom. The molecule has 1 heterocycles. The molecule has 0 spiro atoms. The number of pyridine rings is 1. The highest BCUT2D eigenvalue weighted by Crippen LogP contribution is 2.28. The number of nitrogens with two attached hydrogens (primary N) is 2. The summed E-state index contributed by atoms with van der Waals surface area (Å²) in [5.41, 5.74) is 9.28. The van der Waals surface area contributed by atoms with Gasteiger partial charge >= 0.3 is 5.97 Å². The molecule has 1 rings (SSSR count). The van der Waals surface area contributed by atoms with Crippen LogP contribution in [0.2, 0.25) is 0 Å². The summed E-state index contributed by atoms with van der Waals surface area (Å²) in [6, 6.07) is 1.00. The van der Waals surface area contributed by atoms with Crippen molar-refractivity contribution in [1.29, 1.82) is 0 Å². The van der Waals surface area contributed by atoms with Crippen LogP contribution in [-0.2, 0) is 6.54 Å². The van der Waals surface area contributed by atoms with E-state index in [0.717, 1.165) is 6.07 Å². The highest BCUT2D eigenvalue weighted by molar-refractivity contribution is 5.91. The van der Waals surface area contributed by atoms with E-state index in [1.165, 1.54) is 0 Å². The third kappa shape index (κ3) is 2.18. The number of nitrogen functional groups attached to an aromatic ring is 1. The zero-order valence-electron chi connectivity index (χ0n) is 7.58. The van der Waals surface area contributed by atoms with Crippen LogP contribution in [0, 0.1) is 0 Å². The lowest BCUT2D eigenvalue weighted by atomic mass is 10.1. The van der Waals surface area contributed by atoms with Crippen LogP contribution in [0.15, 0.2) is 6.07 Å². The number of rotatable bonds is 3. The maximum Gasteiger partial charge on any atom is 0.336 e. The molecular formula is C8H9F2N3O2. The van der Waals surface area contributed by atoms with Gasteiger partial charge in [-0.05, 0) is 6.07 Å². The van der Waals surface area contributed by atoms with Crippen LogP contribution >= 0.6 is 0 Å². The maximum atomic E-state index is 12.5. The Morgan fingerprint density at radius 3 is 2.60 bits per heavy atom. The molecule has 5 N–H and O–H groups in total. The van der Waals surface area contributed by atoms with Crippen molar-refractivity contribution in [2.45, 2.75) is 13.0 Å². The number of hydrogen-bond donors (Lipinski definition) is 3. The Hall–Kier alpha value is -1.76. The lowest BCUT2D eigenvalue weighted by Gasteiger charge is -2.09. The van der Waals surface area contributed by atoms with E-state index in [1.807, 2.05) is 0 Å². The molecule has 1 aromatic heterocycles. The Balaban J connectivity index is 3.42. The van der Waals surface area contributed by atoms with Gasteiger partial charge in [-0.1, -0.05) is 0 Å². The topological polar surface area (TPSA) is 102 Å². The fourth-order valence-electron chi connectivity index (χ4n) is 1.14. The predicted octanol–water partition coefficient (Wildman–Crippen LogP) is 0.758. The molecule has 0 aliphatic heterocycles. The fraction of sp³-hybridized carbons (Fsp3) is 0.250. The first-order chi connectivity index (χ1) is 6.97. The quantitative estimate of drug-likeness (QED) is 0.693. The average Bonchev–Trinajstić information content (AvgIpc) is 2.15. The normalized spacial score (nSPS) is 10.7. The molecule has 0 atom stereocenters. The minimum atomic E-state index is -2.98. The average molecular weight is 217 g/mol. The van der Waals surface area contributed by atoms with Crippen LogP contribution < -0.4 is 11.5 Å². The van der Waals surface area contributed by atoms with Gasteiger partial charge in [-0.25, -0.2) is 18.6 Å². The van der Waals surface area contributed by atoms with Crippen LogP contribution in [0.5, 0.6) is 0 Å². The van der Waals surface area contributed by atoms with E-state index < -0.39 is 29.3 Å². The van der Waals surface area contributed by atoms with Gasteiger partial charge in [0.15, 0.2) is 0 Å². The zero-order valence-corrected chi connectivity index (χ0v) is 7.58. The molecule has 0 fully saturated rings. The van der Waals surface area contributed by atoms with E-state index in [-0.39, 0.29) is 12.2 Å². The van der Waals surface area contributed by atoms with E-state index in [4.69, 9.17) is 16.6 Å². The van der Waals surface area contributed by atoms with Gasteiger partial charge in [0, 0.05) is 6.54 Å². The van der Waals surface area contributed by atoms with Crippen molar-refractivity contribution in [2.24, 2.45) is 5.73 Å². The van der Waals surface area contributed by atoms with E-state index in [2.05, 4.69) is 4.98 Å². The molecular weight excluding hydrogens is 208 g/mol. The summed E-state index contributed by atoms with van der Waals surface area (Å²) in [5.74, 6) is -1.97. The lowest BCUT2D eigenvalue weighted by Crippen LogP contribution is -2.12. The van der Waals surface area contributed by atoms with Gasteiger partial charge in [-0.2, -0.15) is 0 Å². The first-order valence-corrected chi connectivity index (χ1v) is 3.98. The van der Waals surface area contributed by atoms with Crippen molar-refractivity contribution < 1.29 is 18.7 Å². The maximum absolute atomic E-state index is 12.5. The Labute approximate surface area is 83.7 Å². The second-order valence-corrected chi connectivity index (χ2v) is 2.77. The Bertz CT molecular complexity index is 396. The molecule has 0 saturated carbocycles. The summed E-state index contributed by atoms with van der Waals surface area (Å²) in [7, 11) is 0. The molecule has 0 unspecified atom stereocenters. The molecule has 1 aromatic rings. The number of carboxylic acids is 1. The van der Waals surface area contributed by atoms with Gasteiger partial charge in [0.25, 0.3) is 6.43 Å². The van der Waals surface area contributed by atoms with E-state index in [0.29, 0.717) is 0 Å². The molecule has 5 nitrogen and oxygen atoms in total. The number of nitrogens with zero attached hydrogens (tertiary/aromatic N) is 1. The smallest absolute Gasteiger partial charge is 0.336 e. The van der Waals surface area contributed by atoms with Crippen molar-refractivity contribution in [3.63, 3.8) is 0 Å². The monoisotopic (exact) mass is 217 g/mol. The number of carboxylic acid groups (broad SMARTS) is 1. The summed E-state index contributed by atoms with van der Waals surface area (Å²) in [4.78, 5) is 14.3. The van der Waals surface area contributed by atoms with Gasteiger partial charge in [0.05, 0.1) is 16.8 Å². The highest BCUT2D eigenvalue weighted by atomic mass is 19.3. The Morgan fingerprint density at radius 1 is 1.60 bits per heavy atom. The highest BCUT2D eigenvalue weighted by Gasteiger charge is 2.22. The second kappa shape index (κ2) is 4.18. The molecule has 0 aliphatic rings. The Kier molecular flexibility index (Phi) is 3.15. The zero-order chi connectivity index (χ0) is 11.6. The van der Waals surface area contributed by atoms with Crippen molar-refractivity contribution in [3.8, 4) is 0 Å². The largest absolute Gasteiger partial charge is 0.478 e. The van der Waals surface area contributed by atoms with Gasteiger partial charge in [-0.3, -0.25) is 0 Å². The molecule has 0 radical (unpaired) electrons. The SMILES string of the molecule is NCc1cc(C(=O)O)c(C(F)F)c(N)n1. The van der Waals surface area contributed by atoms with E-state index >= 15 is 0 Å². The molecule has 15 heavy (non-hydrogen) atoms. The molecule has 0 saturated heterocycles. The van der Waals surface area contributed by atoms with Gasteiger partial charge < -0.3 is 16.6 Å². The first-order valence-electron chi connectivity index (χ1n) is 3.98. The number of halogens is 2. The van der Waals surface area contributed by atoms with Crippen LogP contribution in [0.1, 0.15) is 28.0 Å². The lowest BCUT2D eigenvalue weighted by molar-refractivity contribution is 0.0684. The number of aromatic carboxylic acids is 1. The summed E-state index contributed by atoms with van der Waals surface area (Å²) >= 11 is 0. The van der Waals surface area contributed by atoms with Crippen LogP contribution in [0.3, 0.4) is 0 Å². The van der Waals surface area contributed by atoms with Crippen LogP contribution in [0.4, 0.5) is 14.6 Å². The van der Waals surface area contributed by atoms with Gasteiger partial charge in [-0.15, -0.1) is 0 Å². The molecule has 0 amide bonds. The van der Waals surface area contributed by atoms with Gasteiger partial charge in [0.1, 0.15) is 5.82 Å². The van der Waals surface area contributed by atoms with Crippen LogP contribution in [-0.4, -0.2) is 16.1 Å². The summed E-state index contributed by atoms with van der Waals surface area (Å²) in [6.07, 6.45) is -2.98. The molecule has 0 aliphatic carbocycles. The van der Waals surface area contributed by atoms with Crippen molar-refractivity contribution in [1.82, 2.24) is 4.98 Å². The van der Waals surface area contributed by atoms with Gasteiger partial charge in [0.2, 0.25) is 0 Å². The molecule has 0 aromatic carbocycles. The number of hydrogen-bond acceptors (Lipinski definition) is 4. The first kappa shape index (κ1) is 11.3. The number of carbonyl (C=O) groups is 1. The van der Waals surface area contributed by atoms with Crippen molar-refractivity contribution in [3.05, 3.63) is 22.9 Å². The minimum absolute atomic E-state index is 0.0615. The molecule has 82 valence electrons. The summed E-state index contributed by atoms with van der Waals surface area (Å²) < 4.78 is 24.9. The fourth-order valence-corrected chi connectivity index (χ4v) is 1.14. The second-order valence-electron chi connectivity index (χ2n) is 2.77. The number of anilines is 1. The van der Waals surface area contributed by atoms with E-state index in [9.17, 15) is 13.6 Å². The third-order valence-corrected chi connectivity index (χ3v) is 1.80. The third-order valence-electron chi connectivity index (χ3n) is 1.80. The standard InChI is InChI=1S/C8H9F2N3O2/c9-6(10)5-4(8(14)15)1-3(2-11)13-7(5)12/h1,6H,2,11H2,(H2,12,13)(H,14,15). The molecule has 7 heteroatoms. The van der Waals surface area contributed by atoms with Crippen molar-refractivity contribution in [2.75, 3.05) is 5.73 Å². The van der Waals surface area contributed by atoms with E-state index in [1.54, 1.807) is 0 Å². The summed E-state index contributed by atoms with van der Waals surface area (Å²) in [6.45, 7) is -0.0615. The van der Waals surface area contributed by atoms with Crippen LogP contribution in [0.25, 0.3) is 0 Å². The number of aromatic nitrogens is 1. The number of alkyl halides is 2. The molecule has 0 bridgehead atoms. The summed E-state index contributed by atoms with van der Waals surface area (Å²) in [5, 5.41) is 8.70. The minimum Gasteiger partial charge on any atom is -0.478 e. The predicted molar refractivity (Wildman–Crippen MR) is 48.5 cm³/mol.